The van der Waals surface area contributed by atoms with Crippen molar-refractivity contribution in [2.45, 2.75) is 6.42 Å². The number of nitrogens with zero attached hydrogens (tertiary/aromatic N) is 1. The molecule has 4 nitrogen and oxygen atoms in total. The molecule has 1 atom stereocenters. The predicted octanol–water partition coefficient (Wildman–Crippen LogP) is 4.65. The van der Waals surface area contributed by atoms with Crippen molar-refractivity contribution in [2.75, 3.05) is 11.9 Å². The number of hydrogen-bond acceptors (Lipinski definition) is 4. The molecule has 1 amide bonds. The molecule has 25 heavy (non-hydrogen) atoms. The molecule has 0 fully saturated rings. The predicted molar refractivity (Wildman–Crippen MR) is 100 cm³/mol. The maximum Gasteiger partial charge on any atom is 0.233 e. The van der Waals surface area contributed by atoms with Crippen LogP contribution in [0.4, 0.5) is 5.13 Å². The number of aromatic nitrogens is 1. The number of carbonyl (C=O) groups is 1. The van der Waals surface area contributed by atoms with Gasteiger partial charge in [-0.15, -0.1) is 11.3 Å². The van der Waals surface area contributed by atoms with E-state index in [1.54, 1.807) is 0 Å². The smallest absolute Gasteiger partial charge is 0.233 e. The Kier molecular flexibility index (Phi) is 4.42. The van der Waals surface area contributed by atoms with Gasteiger partial charge in [0.2, 0.25) is 5.91 Å². The molecule has 2 heterocycles. The van der Waals surface area contributed by atoms with Crippen molar-refractivity contribution < 1.29 is 9.53 Å². The molecule has 0 aliphatic carbocycles. The van der Waals surface area contributed by atoms with Crippen molar-refractivity contribution in [3.8, 4) is 17.0 Å². The van der Waals surface area contributed by atoms with Gasteiger partial charge in [0.25, 0.3) is 0 Å². The quantitative estimate of drug-likeness (QED) is 0.729. The third kappa shape index (κ3) is 3.38. The van der Waals surface area contributed by atoms with Gasteiger partial charge in [0.05, 0.1) is 11.6 Å². The van der Waals surface area contributed by atoms with Gasteiger partial charge in [-0.3, -0.25) is 4.79 Å². The Labute approximate surface area is 154 Å². The Hall–Kier alpha value is -2.37. The van der Waals surface area contributed by atoms with Crippen LogP contribution in [0, 0.1) is 5.92 Å². The maximum atomic E-state index is 12.5. The first kappa shape index (κ1) is 16.1. The molecule has 0 saturated heterocycles. The van der Waals surface area contributed by atoms with Crippen molar-refractivity contribution in [1.82, 2.24) is 4.98 Å². The minimum atomic E-state index is -0.220. The monoisotopic (exact) mass is 370 g/mol. The minimum absolute atomic E-state index is 0.0745. The lowest BCUT2D eigenvalue weighted by atomic mass is 9.96. The van der Waals surface area contributed by atoms with Crippen molar-refractivity contribution in [3.05, 3.63) is 64.5 Å². The Morgan fingerprint density at radius 3 is 2.88 bits per heavy atom. The Morgan fingerprint density at radius 1 is 1.20 bits per heavy atom. The van der Waals surface area contributed by atoms with Crippen LogP contribution in [0.3, 0.4) is 0 Å². The number of anilines is 1. The lowest BCUT2D eigenvalue weighted by Crippen LogP contribution is -2.32. The fraction of sp³-hybridized carbons (Fsp3) is 0.158. The molecule has 1 aliphatic heterocycles. The molecular formula is C19H15ClN2O2S. The van der Waals surface area contributed by atoms with Crippen molar-refractivity contribution in [3.63, 3.8) is 0 Å². The van der Waals surface area contributed by atoms with E-state index in [9.17, 15) is 4.79 Å². The topological polar surface area (TPSA) is 51.2 Å². The molecule has 2 aromatic carbocycles. The first-order chi connectivity index (χ1) is 12.2. The number of thiazole rings is 1. The van der Waals surface area contributed by atoms with Crippen molar-refractivity contribution in [1.29, 1.82) is 0 Å². The zero-order valence-electron chi connectivity index (χ0n) is 13.2. The van der Waals surface area contributed by atoms with Crippen LogP contribution in [-0.4, -0.2) is 17.5 Å². The number of fused-ring (bicyclic) bond motifs is 1. The van der Waals surface area contributed by atoms with Crippen LogP contribution in [0.2, 0.25) is 5.02 Å². The van der Waals surface area contributed by atoms with Gasteiger partial charge in [0, 0.05) is 16.0 Å². The van der Waals surface area contributed by atoms with Gasteiger partial charge in [-0.05, 0) is 24.1 Å². The second-order valence-electron chi connectivity index (χ2n) is 5.83. The summed E-state index contributed by atoms with van der Waals surface area (Å²) in [5, 5.41) is 6.00. The summed E-state index contributed by atoms with van der Waals surface area (Å²) in [5.74, 6) is 0.568. The highest BCUT2D eigenvalue weighted by molar-refractivity contribution is 7.14. The van der Waals surface area contributed by atoms with Crippen LogP contribution in [0.5, 0.6) is 5.75 Å². The van der Waals surface area contributed by atoms with Crippen molar-refractivity contribution >= 4 is 34.0 Å². The van der Waals surface area contributed by atoms with E-state index in [0.717, 1.165) is 22.6 Å². The van der Waals surface area contributed by atoms with Crippen LogP contribution in [-0.2, 0) is 11.2 Å². The fourth-order valence-corrected chi connectivity index (χ4v) is 3.77. The third-order valence-electron chi connectivity index (χ3n) is 4.13. The lowest BCUT2D eigenvalue weighted by Gasteiger charge is -2.24. The molecule has 6 heteroatoms. The second kappa shape index (κ2) is 6.86. The van der Waals surface area contributed by atoms with E-state index in [2.05, 4.69) is 10.3 Å². The summed E-state index contributed by atoms with van der Waals surface area (Å²) in [7, 11) is 0. The van der Waals surface area contributed by atoms with Gasteiger partial charge < -0.3 is 10.1 Å². The molecule has 4 rings (SSSR count). The molecule has 3 aromatic rings. The lowest BCUT2D eigenvalue weighted by molar-refractivity contribution is -0.121. The summed E-state index contributed by atoms with van der Waals surface area (Å²) in [6.07, 6.45) is 0.671. The van der Waals surface area contributed by atoms with Crippen molar-refractivity contribution in [2.24, 2.45) is 5.92 Å². The number of para-hydroxylation sites is 1. The summed E-state index contributed by atoms with van der Waals surface area (Å²) < 4.78 is 5.69. The first-order valence-corrected chi connectivity index (χ1v) is 9.18. The van der Waals surface area contributed by atoms with Crippen LogP contribution in [0.15, 0.2) is 53.9 Å². The standard InChI is InChI=1S/C19H15ClN2O2S/c20-15-7-3-2-6-14(15)16-11-25-19(21-16)22-18(23)13-9-12-5-1-4-8-17(12)24-10-13/h1-8,11,13H,9-10H2,(H,21,22,23). The molecule has 1 aliphatic rings. The molecule has 1 unspecified atom stereocenters. The summed E-state index contributed by atoms with van der Waals surface area (Å²) >= 11 is 7.59. The Morgan fingerprint density at radius 2 is 2.00 bits per heavy atom. The van der Waals surface area contributed by atoms with E-state index >= 15 is 0 Å². The number of nitrogens with one attached hydrogen (secondary N) is 1. The minimum Gasteiger partial charge on any atom is -0.492 e. The highest BCUT2D eigenvalue weighted by Crippen LogP contribution is 2.31. The van der Waals surface area contributed by atoms with E-state index < -0.39 is 0 Å². The maximum absolute atomic E-state index is 12.5. The highest BCUT2D eigenvalue weighted by atomic mass is 35.5. The second-order valence-corrected chi connectivity index (χ2v) is 7.09. The Balaban J connectivity index is 1.47. The number of benzene rings is 2. The van der Waals surface area contributed by atoms with Gasteiger partial charge >= 0.3 is 0 Å². The van der Waals surface area contributed by atoms with Crippen LogP contribution in [0.25, 0.3) is 11.3 Å². The number of rotatable bonds is 3. The van der Waals surface area contributed by atoms with E-state index in [4.69, 9.17) is 16.3 Å². The van der Waals surface area contributed by atoms with Gasteiger partial charge in [-0.2, -0.15) is 0 Å². The van der Waals surface area contributed by atoms with E-state index in [1.165, 1.54) is 11.3 Å². The number of halogens is 1. The van der Waals surface area contributed by atoms with Crippen LogP contribution in [0.1, 0.15) is 5.56 Å². The number of amides is 1. The number of carbonyl (C=O) groups excluding carboxylic acids is 1. The largest absolute Gasteiger partial charge is 0.492 e. The molecular weight excluding hydrogens is 356 g/mol. The average Bonchev–Trinajstić information content (AvgIpc) is 3.10. The van der Waals surface area contributed by atoms with E-state index in [-0.39, 0.29) is 11.8 Å². The molecule has 0 bridgehead atoms. The molecule has 0 saturated carbocycles. The zero-order chi connectivity index (χ0) is 17.2. The number of hydrogen-bond donors (Lipinski definition) is 1. The molecule has 1 aromatic heterocycles. The van der Waals surface area contributed by atoms with Gasteiger partial charge in [-0.25, -0.2) is 4.98 Å². The fourth-order valence-electron chi connectivity index (χ4n) is 2.83. The first-order valence-electron chi connectivity index (χ1n) is 7.93. The Bertz CT molecular complexity index is 925. The SMILES string of the molecule is O=C(Nc1nc(-c2ccccc2Cl)cs1)C1COc2ccccc2C1. The molecule has 126 valence electrons. The molecule has 0 radical (unpaired) electrons. The highest BCUT2D eigenvalue weighted by Gasteiger charge is 2.26. The van der Waals surface area contributed by atoms with E-state index in [1.807, 2.05) is 53.9 Å². The van der Waals surface area contributed by atoms with E-state index in [0.29, 0.717) is 23.2 Å². The molecule has 1 N–H and O–H groups in total. The number of ether oxygens (including phenoxy) is 1. The molecule has 0 spiro atoms. The van der Waals surface area contributed by atoms with Crippen LogP contribution < -0.4 is 10.1 Å². The normalized spacial score (nSPS) is 16.0. The summed E-state index contributed by atoms with van der Waals surface area (Å²) in [6.45, 7) is 0.381. The third-order valence-corrected chi connectivity index (χ3v) is 5.22. The summed E-state index contributed by atoms with van der Waals surface area (Å²) in [5.41, 5.74) is 2.68. The zero-order valence-corrected chi connectivity index (χ0v) is 14.8. The average molecular weight is 371 g/mol. The summed E-state index contributed by atoms with van der Waals surface area (Å²) in [4.78, 5) is 17.0. The van der Waals surface area contributed by atoms with Crippen LogP contribution >= 0.6 is 22.9 Å². The van der Waals surface area contributed by atoms with Gasteiger partial charge in [-0.1, -0.05) is 48.0 Å². The van der Waals surface area contributed by atoms with Gasteiger partial charge in [0.1, 0.15) is 12.4 Å². The van der Waals surface area contributed by atoms with Gasteiger partial charge in [0.15, 0.2) is 5.13 Å². The summed E-state index contributed by atoms with van der Waals surface area (Å²) in [6, 6.07) is 15.3.